The highest BCUT2D eigenvalue weighted by Gasteiger charge is 2.26. The Kier molecular flexibility index (Phi) is 35.4. The fourth-order valence-electron chi connectivity index (χ4n) is 5.56. The van der Waals surface area contributed by atoms with Gasteiger partial charge in [0.1, 0.15) is 0 Å². The molecule has 0 aromatic rings. The number of hydrogen-bond acceptors (Lipinski definition) is 3. The lowest BCUT2D eigenvalue weighted by atomic mass is 9.98. The molecule has 0 aliphatic carbocycles. The SMILES string of the molecule is CCCCCC=CCC=CCCCCCCCCC(O)(CCCCCCCCC=CCC=CCCCCC)OCCCNC. The first kappa shape index (κ1) is 42.8. The number of allylic oxidation sites excluding steroid dienone is 8. The molecule has 0 aliphatic heterocycles. The minimum absolute atomic E-state index is 0.641. The van der Waals surface area contributed by atoms with Crippen molar-refractivity contribution in [1.29, 1.82) is 0 Å². The van der Waals surface area contributed by atoms with Gasteiger partial charge in [-0.25, -0.2) is 0 Å². The summed E-state index contributed by atoms with van der Waals surface area (Å²) in [5, 5.41) is 14.5. The first-order valence-electron chi connectivity index (χ1n) is 19.3. The van der Waals surface area contributed by atoms with Gasteiger partial charge in [-0.2, -0.15) is 0 Å². The summed E-state index contributed by atoms with van der Waals surface area (Å²) in [7, 11) is 1.97. The Bertz CT molecular complexity index is 618. The standard InChI is InChI=1S/C41H77NO2/c1-4-6-8-10-12-14-16-18-20-22-24-26-28-30-32-34-37-41(43,44-40-36-39-42-3)38-35-33-31-29-27-25-23-21-19-17-15-13-11-9-7-5-2/h12-15,18-21,42-43H,4-11,16-17,22-40H2,1-3H3. The highest BCUT2D eigenvalue weighted by molar-refractivity contribution is 4.93. The molecule has 0 aromatic heterocycles. The van der Waals surface area contributed by atoms with Gasteiger partial charge in [-0.05, 0) is 97.1 Å². The zero-order chi connectivity index (χ0) is 32.1. The summed E-state index contributed by atoms with van der Waals surface area (Å²) in [6, 6.07) is 0. The highest BCUT2D eigenvalue weighted by Crippen LogP contribution is 2.25. The summed E-state index contributed by atoms with van der Waals surface area (Å²) in [6.45, 7) is 6.10. The van der Waals surface area contributed by atoms with E-state index in [0.717, 1.165) is 51.5 Å². The third-order valence-corrected chi connectivity index (χ3v) is 8.48. The van der Waals surface area contributed by atoms with E-state index >= 15 is 0 Å². The van der Waals surface area contributed by atoms with Crippen LogP contribution in [0.25, 0.3) is 0 Å². The van der Waals surface area contributed by atoms with E-state index in [-0.39, 0.29) is 0 Å². The Morgan fingerprint density at radius 1 is 0.477 bits per heavy atom. The number of ether oxygens (including phenoxy) is 1. The summed E-state index contributed by atoms with van der Waals surface area (Å²) in [5.74, 6) is -0.932. The minimum atomic E-state index is -0.932. The van der Waals surface area contributed by atoms with Gasteiger partial charge in [0.05, 0.1) is 6.61 Å². The molecule has 0 atom stereocenters. The van der Waals surface area contributed by atoms with Gasteiger partial charge >= 0.3 is 0 Å². The molecule has 0 bridgehead atoms. The zero-order valence-electron chi connectivity index (χ0n) is 30.0. The largest absolute Gasteiger partial charge is 0.365 e. The van der Waals surface area contributed by atoms with Crippen LogP contribution in [0.2, 0.25) is 0 Å². The normalized spacial score (nSPS) is 13.8. The molecular formula is C41H77NO2. The first-order chi connectivity index (χ1) is 21.7. The van der Waals surface area contributed by atoms with Crippen molar-refractivity contribution in [3.63, 3.8) is 0 Å². The van der Waals surface area contributed by atoms with E-state index < -0.39 is 5.79 Å². The van der Waals surface area contributed by atoms with E-state index in [2.05, 4.69) is 67.8 Å². The van der Waals surface area contributed by atoms with E-state index in [1.54, 1.807) is 0 Å². The summed E-state index contributed by atoms with van der Waals surface area (Å²) in [5.41, 5.74) is 0. The lowest BCUT2D eigenvalue weighted by Gasteiger charge is -2.29. The Labute approximate surface area is 276 Å². The Hall–Kier alpha value is -1.16. The molecule has 0 radical (unpaired) electrons. The van der Waals surface area contributed by atoms with Crippen molar-refractivity contribution in [3.8, 4) is 0 Å². The van der Waals surface area contributed by atoms with Crippen molar-refractivity contribution >= 4 is 0 Å². The molecule has 0 rings (SSSR count). The van der Waals surface area contributed by atoms with Crippen molar-refractivity contribution in [2.45, 2.75) is 193 Å². The van der Waals surface area contributed by atoms with Gasteiger partial charge in [0.25, 0.3) is 0 Å². The first-order valence-corrected chi connectivity index (χ1v) is 19.3. The van der Waals surface area contributed by atoms with Crippen molar-refractivity contribution in [1.82, 2.24) is 5.32 Å². The minimum Gasteiger partial charge on any atom is -0.365 e. The molecule has 0 aliphatic rings. The number of hydrogen-bond donors (Lipinski definition) is 2. The molecule has 0 unspecified atom stereocenters. The van der Waals surface area contributed by atoms with Crippen LogP contribution in [0.5, 0.6) is 0 Å². The van der Waals surface area contributed by atoms with E-state index in [1.807, 2.05) is 7.05 Å². The predicted octanol–water partition coefficient (Wildman–Crippen LogP) is 12.7. The molecule has 0 amide bonds. The molecule has 2 N–H and O–H groups in total. The van der Waals surface area contributed by atoms with E-state index in [0.29, 0.717) is 6.61 Å². The van der Waals surface area contributed by atoms with Gasteiger partial charge in [-0.1, -0.05) is 140 Å². The van der Waals surface area contributed by atoms with E-state index in [1.165, 1.54) is 128 Å². The maximum atomic E-state index is 11.3. The summed E-state index contributed by atoms with van der Waals surface area (Å²) < 4.78 is 6.07. The van der Waals surface area contributed by atoms with Gasteiger partial charge in [-0.15, -0.1) is 0 Å². The Morgan fingerprint density at radius 3 is 1.23 bits per heavy atom. The molecule has 0 heterocycles. The molecule has 0 saturated carbocycles. The quantitative estimate of drug-likeness (QED) is 0.0423. The van der Waals surface area contributed by atoms with Crippen LogP contribution in [0.15, 0.2) is 48.6 Å². The second-order valence-corrected chi connectivity index (χ2v) is 12.9. The van der Waals surface area contributed by atoms with Crippen LogP contribution in [0, 0.1) is 0 Å². The molecule has 258 valence electrons. The highest BCUT2D eigenvalue weighted by atomic mass is 16.6. The molecule has 0 fully saturated rings. The maximum absolute atomic E-state index is 11.3. The third-order valence-electron chi connectivity index (χ3n) is 8.48. The second kappa shape index (κ2) is 36.3. The van der Waals surface area contributed by atoms with Crippen LogP contribution < -0.4 is 5.32 Å². The molecule has 3 nitrogen and oxygen atoms in total. The van der Waals surface area contributed by atoms with Gasteiger partial charge < -0.3 is 15.2 Å². The van der Waals surface area contributed by atoms with Crippen molar-refractivity contribution in [2.75, 3.05) is 20.2 Å². The summed E-state index contributed by atoms with van der Waals surface area (Å²) >= 11 is 0. The molecule has 44 heavy (non-hydrogen) atoms. The predicted molar refractivity (Wildman–Crippen MR) is 197 cm³/mol. The topological polar surface area (TPSA) is 41.5 Å². The number of rotatable bonds is 35. The van der Waals surface area contributed by atoms with Crippen molar-refractivity contribution in [2.24, 2.45) is 0 Å². The number of unbranched alkanes of at least 4 members (excludes halogenated alkanes) is 18. The molecule has 0 spiro atoms. The van der Waals surface area contributed by atoms with Crippen molar-refractivity contribution < 1.29 is 9.84 Å². The van der Waals surface area contributed by atoms with Gasteiger partial charge in [0.15, 0.2) is 5.79 Å². The summed E-state index contributed by atoms with van der Waals surface area (Å²) in [6.07, 6.45) is 51.1. The van der Waals surface area contributed by atoms with Crippen molar-refractivity contribution in [3.05, 3.63) is 48.6 Å². The monoisotopic (exact) mass is 616 g/mol. The van der Waals surface area contributed by atoms with Crippen LogP contribution in [0.4, 0.5) is 0 Å². The average Bonchev–Trinajstić information content (AvgIpc) is 3.03. The van der Waals surface area contributed by atoms with E-state index in [9.17, 15) is 5.11 Å². The van der Waals surface area contributed by atoms with Gasteiger partial charge in [-0.3, -0.25) is 0 Å². The lowest BCUT2D eigenvalue weighted by Crippen LogP contribution is -2.33. The lowest BCUT2D eigenvalue weighted by molar-refractivity contribution is -0.213. The molecule has 0 saturated heterocycles. The van der Waals surface area contributed by atoms with Crippen LogP contribution in [0.1, 0.15) is 187 Å². The summed E-state index contributed by atoms with van der Waals surface area (Å²) in [4.78, 5) is 0. The fourth-order valence-corrected chi connectivity index (χ4v) is 5.56. The van der Waals surface area contributed by atoms with Crippen LogP contribution in [-0.4, -0.2) is 31.1 Å². The molecule has 3 heteroatoms. The molecule has 0 aromatic carbocycles. The fraction of sp³-hybridized carbons (Fsp3) is 0.805. The second-order valence-electron chi connectivity index (χ2n) is 12.9. The zero-order valence-corrected chi connectivity index (χ0v) is 30.0. The Balaban J connectivity index is 3.90. The van der Waals surface area contributed by atoms with Gasteiger partial charge in [0.2, 0.25) is 0 Å². The van der Waals surface area contributed by atoms with Gasteiger partial charge in [0, 0.05) is 12.8 Å². The van der Waals surface area contributed by atoms with Crippen LogP contribution in [0.3, 0.4) is 0 Å². The van der Waals surface area contributed by atoms with Crippen LogP contribution >= 0.6 is 0 Å². The van der Waals surface area contributed by atoms with Crippen LogP contribution in [-0.2, 0) is 4.74 Å². The third kappa shape index (κ3) is 33.7. The molecular weight excluding hydrogens is 538 g/mol. The average molecular weight is 616 g/mol. The van der Waals surface area contributed by atoms with E-state index in [4.69, 9.17) is 4.74 Å². The maximum Gasteiger partial charge on any atom is 0.165 e. The number of aliphatic hydroxyl groups is 1. The Morgan fingerprint density at radius 2 is 0.841 bits per heavy atom. The number of nitrogens with one attached hydrogen (secondary N) is 1. The smallest absolute Gasteiger partial charge is 0.165 e.